The Morgan fingerprint density at radius 2 is 2.21 bits per heavy atom. The van der Waals surface area contributed by atoms with Crippen LogP contribution in [0.15, 0.2) is 6.20 Å². The molecule has 2 heterocycles. The number of nitrogens with zero attached hydrogens (tertiary/aromatic N) is 3. The monoisotopic (exact) mass is 264 g/mol. The molecule has 1 N–H and O–H groups in total. The van der Waals surface area contributed by atoms with E-state index in [4.69, 9.17) is 0 Å². The summed E-state index contributed by atoms with van der Waals surface area (Å²) < 4.78 is 1.95. The van der Waals surface area contributed by atoms with Crippen LogP contribution in [0, 0.1) is 0 Å². The van der Waals surface area contributed by atoms with Gasteiger partial charge in [0.1, 0.15) is 0 Å². The molecule has 0 radical (unpaired) electrons. The molecule has 1 unspecified atom stereocenters. The van der Waals surface area contributed by atoms with E-state index in [9.17, 15) is 0 Å². The molecule has 1 aliphatic rings. The highest BCUT2D eigenvalue weighted by molar-refractivity contribution is 5.24. The van der Waals surface area contributed by atoms with Gasteiger partial charge in [-0.3, -0.25) is 9.58 Å². The lowest BCUT2D eigenvalue weighted by molar-refractivity contribution is 0.195. The van der Waals surface area contributed by atoms with Crippen molar-refractivity contribution in [2.45, 2.75) is 51.6 Å². The van der Waals surface area contributed by atoms with Gasteiger partial charge in [-0.15, -0.1) is 0 Å². The van der Waals surface area contributed by atoms with Crippen molar-refractivity contribution in [1.82, 2.24) is 20.0 Å². The summed E-state index contributed by atoms with van der Waals surface area (Å²) in [5, 5.41) is 8.14. The molecular weight excluding hydrogens is 236 g/mol. The first-order valence-electron chi connectivity index (χ1n) is 7.32. The van der Waals surface area contributed by atoms with Gasteiger partial charge in [-0.25, -0.2) is 0 Å². The molecule has 1 aliphatic heterocycles. The average Bonchev–Trinajstić information content (AvgIpc) is 2.71. The largest absolute Gasteiger partial charge is 0.315 e. The predicted molar refractivity (Wildman–Crippen MR) is 79.3 cm³/mol. The molecule has 2 rings (SSSR count). The van der Waals surface area contributed by atoms with E-state index in [1.54, 1.807) is 0 Å². The number of hydrogen-bond donors (Lipinski definition) is 1. The number of piperidine rings is 1. The van der Waals surface area contributed by atoms with Crippen LogP contribution in [-0.4, -0.2) is 40.9 Å². The van der Waals surface area contributed by atoms with Crippen LogP contribution in [0.4, 0.5) is 0 Å². The molecule has 4 nitrogen and oxygen atoms in total. The van der Waals surface area contributed by atoms with Gasteiger partial charge in [0.15, 0.2) is 0 Å². The van der Waals surface area contributed by atoms with Gasteiger partial charge in [0, 0.05) is 43.4 Å². The van der Waals surface area contributed by atoms with Crippen LogP contribution < -0.4 is 5.32 Å². The third-order valence-corrected chi connectivity index (χ3v) is 3.93. The number of aryl methyl sites for hydroxylation is 1. The van der Waals surface area contributed by atoms with E-state index in [1.807, 2.05) is 11.7 Å². The third kappa shape index (κ3) is 3.57. The topological polar surface area (TPSA) is 33.1 Å². The predicted octanol–water partition coefficient (Wildman–Crippen LogP) is 1.90. The van der Waals surface area contributed by atoms with Gasteiger partial charge >= 0.3 is 0 Å². The second-order valence-electron chi connectivity index (χ2n) is 6.84. The molecule has 1 aromatic rings. The van der Waals surface area contributed by atoms with Crippen LogP contribution in [-0.2, 0) is 19.0 Å². The van der Waals surface area contributed by atoms with Crippen LogP contribution in [0.25, 0.3) is 0 Å². The fourth-order valence-electron chi connectivity index (χ4n) is 2.89. The molecule has 1 saturated heterocycles. The van der Waals surface area contributed by atoms with Crippen molar-refractivity contribution < 1.29 is 0 Å². The molecule has 1 atom stereocenters. The fourth-order valence-corrected chi connectivity index (χ4v) is 2.89. The summed E-state index contributed by atoms with van der Waals surface area (Å²) in [6, 6.07) is 0.654. The molecule has 1 fully saturated rings. The van der Waals surface area contributed by atoms with Gasteiger partial charge in [0.2, 0.25) is 0 Å². The average molecular weight is 264 g/mol. The Labute approximate surface area is 117 Å². The minimum atomic E-state index is 0.113. The molecule has 0 bridgehead atoms. The second-order valence-corrected chi connectivity index (χ2v) is 6.84. The Morgan fingerprint density at radius 1 is 1.47 bits per heavy atom. The number of aromatic nitrogens is 2. The maximum Gasteiger partial charge on any atom is 0.0722 e. The van der Waals surface area contributed by atoms with E-state index < -0.39 is 0 Å². The fraction of sp³-hybridized carbons (Fsp3) is 0.800. The van der Waals surface area contributed by atoms with Crippen LogP contribution in [0.2, 0.25) is 0 Å². The highest BCUT2D eigenvalue weighted by atomic mass is 15.3. The summed E-state index contributed by atoms with van der Waals surface area (Å²) in [6.45, 7) is 9.99. The summed E-state index contributed by atoms with van der Waals surface area (Å²) in [5.74, 6) is 0. The van der Waals surface area contributed by atoms with Crippen molar-refractivity contribution in [2.75, 3.05) is 20.1 Å². The molecule has 0 aromatic carbocycles. The van der Waals surface area contributed by atoms with E-state index >= 15 is 0 Å². The zero-order valence-electron chi connectivity index (χ0n) is 13.0. The Kier molecular flexibility index (Phi) is 4.31. The van der Waals surface area contributed by atoms with E-state index in [1.165, 1.54) is 30.6 Å². The van der Waals surface area contributed by atoms with Crippen molar-refractivity contribution in [3.63, 3.8) is 0 Å². The molecule has 0 saturated carbocycles. The van der Waals surface area contributed by atoms with Crippen molar-refractivity contribution in [1.29, 1.82) is 0 Å². The number of nitrogens with one attached hydrogen (secondary N) is 1. The van der Waals surface area contributed by atoms with Gasteiger partial charge in [0.25, 0.3) is 0 Å². The van der Waals surface area contributed by atoms with E-state index in [-0.39, 0.29) is 5.41 Å². The molecule has 108 valence electrons. The Bertz CT molecular complexity index is 410. The highest BCUT2D eigenvalue weighted by Crippen LogP contribution is 2.25. The minimum Gasteiger partial charge on any atom is -0.315 e. The van der Waals surface area contributed by atoms with Crippen LogP contribution in [0.1, 0.15) is 44.9 Å². The lowest BCUT2D eigenvalue weighted by atomic mass is 9.89. The smallest absolute Gasteiger partial charge is 0.0722 e. The first-order chi connectivity index (χ1) is 8.88. The summed E-state index contributed by atoms with van der Waals surface area (Å²) in [5.41, 5.74) is 2.70. The van der Waals surface area contributed by atoms with Crippen LogP contribution in [0.3, 0.4) is 0 Å². The summed E-state index contributed by atoms with van der Waals surface area (Å²) in [4.78, 5) is 2.47. The Morgan fingerprint density at radius 3 is 2.79 bits per heavy atom. The number of rotatable bonds is 3. The van der Waals surface area contributed by atoms with E-state index in [0.717, 1.165) is 13.1 Å². The Hall–Kier alpha value is -0.870. The lowest BCUT2D eigenvalue weighted by Gasteiger charge is -2.32. The SMILES string of the molecule is CN(Cc1cn(C)nc1C(C)(C)C)C1CCCNC1. The normalized spacial score (nSPS) is 21.1. The van der Waals surface area contributed by atoms with Gasteiger partial charge in [-0.2, -0.15) is 5.10 Å². The van der Waals surface area contributed by atoms with Crippen LogP contribution >= 0.6 is 0 Å². The van der Waals surface area contributed by atoms with Crippen molar-refractivity contribution >= 4 is 0 Å². The van der Waals surface area contributed by atoms with E-state index in [2.05, 4.69) is 49.3 Å². The van der Waals surface area contributed by atoms with Crippen molar-refractivity contribution in [3.05, 3.63) is 17.5 Å². The lowest BCUT2D eigenvalue weighted by Crippen LogP contribution is -2.43. The second kappa shape index (κ2) is 5.63. The van der Waals surface area contributed by atoms with Crippen LogP contribution in [0.5, 0.6) is 0 Å². The highest BCUT2D eigenvalue weighted by Gasteiger charge is 2.24. The van der Waals surface area contributed by atoms with E-state index in [0.29, 0.717) is 6.04 Å². The summed E-state index contributed by atoms with van der Waals surface area (Å²) in [6.07, 6.45) is 4.76. The molecule has 4 heteroatoms. The zero-order valence-corrected chi connectivity index (χ0v) is 13.0. The molecule has 0 aliphatic carbocycles. The first-order valence-corrected chi connectivity index (χ1v) is 7.32. The van der Waals surface area contributed by atoms with Gasteiger partial charge < -0.3 is 5.32 Å². The summed E-state index contributed by atoms with van der Waals surface area (Å²) >= 11 is 0. The first kappa shape index (κ1) is 14.5. The standard InChI is InChI=1S/C15H28N4/c1-15(2,3)14-12(11-19(5)17-14)10-18(4)13-7-6-8-16-9-13/h11,13,16H,6-10H2,1-5H3. The Balaban J connectivity index is 2.09. The van der Waals surface area contributed by atoms with Gasteiger partial charge in [-0.05, 0) is 26.4 Å². The molecule has 0 spiro atoms. The third-order valence-electron chi connectivity index (χ3n) is 3.93. The minimum absolute atomic E-state index is 0.113. The molecule has 19 heavy (non-hydrogen) atoms. The quantitative estimate of drug-likeness (QED) is 0.905. The number of hydrogen-bond acceptors (Lipinski definition) is 3. The number of likely N-dealkylation sites (N-methyl/N-ethyl adjacent to an activating group) is 1. The summed E-state index contributed by atoms with van der Waals surface area (Å²) in [7, 11) is 4.25. The maximum absolute atomic E-state index is 4.65. The van der Waals surface area contributed by atoms with Gasteiger partial charge in [-0.1, -0.05) is 20.8 Å². The molecule has 0 amide bonds. The molecule has 1 aromatic heterocycles. The molecular formula is C15H28N4. The van der Waals surface area contributed by atoms with Gasteiger partial charge in [0.05, 0.1) is 5.69 Å². The van der Waals surface area contributed by atoms with Crippen molar-refractivity contribution in [3.8, 4) is 0 Å². The maximum atomic E-state index is 4.65. The zero-order chi connectivity index (χ0) is 14.0. The van der Waals surface area contributed by atoms with Crippen molar-refractivity contribution in [2.24, 2.45) is 7.05 Å².